The number of ether oxygens (including phenoxy) is 1. The van der Waals surface area contributed by atoms with E-state index in [9.17, 15) is 4.79 Å². The minimum absolute atomic E-state index is 0.184. The molecule has 2 unspecified atom stereocenters. The van der Waals surface area contributed by atoms with E-state index in [0.29, 0.717) is 12.4 Å². The van der Waals surface area contributed by atoms with Crippen molar-refractivity contribution in [3.63, 3.8) is 0 Å². The molecule has 0 bridgehead atoms. The van der Waals surface area contributed by atoms with Gasteiger partial charge in [-0.05, 0) is 6.42 Å². The molecule has 1 aliphatic rings. The molecule has 9 nitrogen and oxygen atoms in total. The first kappa shape index (κ1) is 19.8. The first-order chi connectivity index (χ1) is 14.5. The molecule has 3 N–H and O–H groups in total. The number of methoxy groups -OCH3 is 1. The highest BCUT2D eigenvalue weighted by molar-refractivity contribution is 5.95. The Labute approximate surface area is 174 Å². The smallest absolute Gasteiger partial charge is 0.320 e. The molecular weight excluding hydrogens is 382 g/mol. The van der Waals surface area contributed by atoms with E-state index in [1.807, 2.05) is 25.4 Å². The van der Waals surface area contributed by atoms with Crippen molar-refractivity contribution in [2.75, 3.05) is 19.0 Å². The molecular formula is C21H25N7O2. The first-order valence-electron chi connectivity index (χ1n) is 9.72. The quantitative estimate of drug-likeness (QED) is 0.582. The lowest BCUT2D eigenvalue weighted by molar-refractivity contribution is 0.123. The molecule has 2 atom stereocenters. The fourth-order valence-electron chi connectivity index (χ4n) is 3.62. The Balaban J connectivity index is 1.48. The summed E-state index contributed by atoms with van der Waals surface area (Å²) in [6.45, 7) is 2.51. The van der Waals surface area contributed by atoms with Gasteiger partial charge in [0.15, 0.2) is 0 Å². The average Bonchev–Trinajstić information content (AvgIpc) is 3.33. The number of aryl methyl sites for hydroxylation is 1. The number of carbonyl (C=O) groups excluding carboxylic acids is 1. The van der Waals surface area contributed by atoms with E-state index in [1.165, 1.54) is 0 Å². The maximum atomic E-state index is 12.7. The van der Waals surface area contributed by atoms with Crippen LogP contribution >= 0.6 is 0 Å². The van der Waals surface area contributed by atoms with Crippen LogP contribution in [-0.4, -0.2) is 50.8 Å². The fraction of sp³-hybridized carbons (Fsp3) is 0.333. The fourth-order valence-corrected chi connectivity index (χ4v) is 3.62. The molecule has 0 fully saturated rings. The summed E-state index contributed by atoms with van der Waals surface area (Å²) in [5.41, 5.74) is 2.22. The van der Waals surface area contributed by atoms with Crippen LogP contribution in [-0.2, 0) is 11.8 Å². The number of rotatable bonds is 6. The molecule has 9 heteroatoms. The molecule has 0 aliphatic heterocycles. The number of H-pyrrole nitrogens is 1. The van der Waals surface area contributed by atoms with Gasteiger partial charge in [0.1, 0.15) is 11.5 Å². The van der Waals surface area contributed by atoms with Gasteiger partial charge in [0.05, 0.1) is 24.4 Å². The molecule has 156 valence electrons. The predicted octanol–water partition coefficient (Wildman–Crippen LogP) is 3.02. The van der Waals surface area contributed by atoms with Crippen molar-refractivity contribution < 1.29 is 9.53 Å². The number of anilines is 1. The van der Waals surface area contributed by atoms with Gasteiger partial charge in [-0.1, -0.05) is 31.2 Å². The number of hydrogen-bond acceptors (Lipinski definition) is 5. The molecule has 0 saturated heterocycles. The van der Waals surface area contributed by atoms with Gasteiger partial charge in [0, 0.05) is 49.0 Å². The summed E-state index contributed by atoms with van der Waals surface area (Å²) in [4.78, 5) is 17.0. The second-order valence-electron chi connectivity index (χ2n) is 7.69. The Kier molecular flexibility index (Phi) is 5.37. The van der Waals surface area contributed by atoms with Gasteiger partial charge in [-0.15, -0.1) is 0 Å². The Bertz CT molecular complexity index is 1110. The van der Waals surface area contributed by atoms with Crippen molar-refractivity contribution in [3.05, 3.63) is 49.0 Å². The zero-order valence-electron chi connectivity index (χ0n) is 17.2. The van der Waals surface area contributed by atoms with Crippen LogP contribution in [0.3, 0.4) is 0 Å². The lowest BCUT2D eigenvalue weighted by atomic mass is 9.77. The molecule has 30 heavy (non-hydrogen) atoms. The van der Waals surface area contributed by atoms with Crippen LogP contribution in [0.2, 0.25) is 0 Å². The molecule has 1 aliphatic carbocycles. The van der Waals surface area contributed by atoms with E-state index in [-0.39, 0.29) is 17.5 Å². The summed E-state index contributed by atoms with van der Waals surface area (Å²) in [5, 5.41) is 18.2. The van der Waals surface area contributed by atoms with Crippen LogP contribution in [0.1, 0.15) is 13.3 Å². The third kappa shape index (κ3) is 3.97. The number of amides is 2. The summed E-state index contributed by atoms with van der Waals surface area (Å²) < 4.78 is 7.06. The Morgan fingerprint density at radius 3 is 2.97 bits per heavy atom. The highest BCUT2D eigenvalue weighted by Crippen LogP contribution is 2.31. The zero-order chi connectivity index (χ0) is 21.1. The number of carbonyl (C=O) groups is 1. The van der Waals surface area contributed by atoms with Gasteiger partial charge >= 0.3 is 6.03 Å². The first-order valence-corrected chi connectivity index (χ1v) is 9.72. The van der Waals surface area contributed by atoms with E-state index in [4.69, 9.17) is 4.74 Å². The molecule has 3 aromatic rings. The summed E-state index contributed by atoms with van der Waals surface area (Å²) in [6, 6.07) is 1.25. The summed E-state index contributed by atoms with van der Waals surface area (Å²) in [7, 11) is 3.49. The molecule has 3 aromatic heterocycles. The lowest BCUT2D eigenvalue weighted by Crippen LogP contribution is -2.50. The molecule has 0 aromatic carbocycles. The Morgan fingerprint density at radius 1 is 1.40 bits per heavy atom. The summed E-state index contributed by atoms with van der Waals surface area (Å²) in [6.07, 6.45) is 14.4. The molecule has 0 spiro atoms. The van der Waals surface area contributed by atoms with Gasteiger partial charge in [0.2, 0.25) is 0 Å². The summed E-state index contributed by atoms with van der Waals surface area (Å²) in [5.74, 6) is 0.432. The maximum Gasteiger partial charge on any atom is 0.320 e. The van der Waals surface area contributed by atoms with Gasteiger partial charge in [-0.2, -0.15) is 10.2 Å². The largest absolute Gasteiger partial charge is 0.383 e. The highest BCUT2D eigenvalue weighted by atomic mass is 16.5. The van der Waals surface area contributed by atoms with Crippen molar-refractivity contribution >= 4 is 22.8 Å². The van der Waals surface area contributed by atoms with E-state index >= 15 is 0 Å². The molecule has 0 radical (unpaired) electrons. The minimum atomic E-state index is -0.333. The highest BCUT2D eigenvalue weighted by Gasteiger charge is 2.33. The normalized spacial score (nSPS) is 19.2. The van der Waals surface area contributed by atoms with Crippen LogP contribution in [0.25, 0.3) is 22.2 Å². The van der Waals surface area contributed by atoms with Crippen molar-refractivity contribution in [1.29, 1.82) is 0 Å². The Hall–Kier alpha value is -3.46. The number of fused-ring (bicyclic) bond motifs is 1. The topological polar surface area (TPSA) is 110 Å². The molecule has 2 amide bonds. The van der Waals surface area contributed by atoms with Gasteiger partial charge in [0.25, 0.3) is 0 Å². The number of aromatic amines is 1. The van der Waals surface area contributed by atoms with Gasteiger partial charge in [-0.25, -0.2) is 9.78 Å². The number of pyridine rings is 1. The van der Waals surface area contributed by atoms with Crippen LogP contribution in [0.4, 0.5) is 10.6 Å². The average molecular weight is 407 g/mol. The van der Waals surface area contributed by atoms with E-state index in [0.717, 1.165) is 28.6 Å². The van der Waals surface area contributed by atoms with Crippen molar-refractivity contribution in [2.45, 2.75) is 19.4 Å². The van der Waals surface area contributed by atoms with Crippen LogP contribution in [0, 0.1) is 5.41 Å². The second-order valence-corrected chi connectivity index (χ2v) is 7.69. The number of aromatic nitrogens is 5. The molecule has 4 rings (SSSR count). The van der Waals surface area contributed by atoms with Crippen LogP contribution < -0.4 is 10.6 Å². The van der Waals surface area contributed by atoms with E-state index in [1.54, 1.807) is 30.3 Å². The van der Waals surface area contributed by atoms with Gasteiger partial charge in [-0.3, -0.25) is 15.1 Å². The zero-order valence-corrected chi connectivity index (χ0v) is 17.2. The third-order valence-electron chi connectivity index (χ3n) is 5.38. The lowest BCUT2D eigenvalue weighted by Gasteiger charge is -2.35. The molecule has 3 heterocycles. The minimum Gasteiger partial charge on any atom is -0.383 e. The van der Waals surface area contributed by atoms with Crippen molar-refractivity contribution in [1.82, 2.24) is 30.3 Å². The number of nitrogens with one attached hydrogen (secondary N) is 3. The van der Waals surface area contributed by atoms with E-state index < -0.39 is 0 Å². The van der Waals surface area contributed by atoms with Crippen LogP contribution in [0.15, 0.2) is 49.0 Å². The number of urea groups is 1. The maximum absolute atomic E-state index is 12.7. The predicted molar refractivity (Wildman–Crippen MR) is 115 cm³/mol. The monoisotopic (exact) mass is 407 g/mol. The number of nitrogens with zero attached hydrogens (tertiary/aromatic N) is 4. The number of allylic oxidation sites excluding steroid dienone is 3. The second kappa shape index (κ2) is 8.11. The van der Waals surface area contributed by atoms with Crippen LogP contribution in [0.5, 0.6) is 0 Å². The Morgan fingerprint density at radius 2 is 2.27 bits per heavy atom. The summed E-state index contributed by atoms with van der Waals surface area (Å²) >= 11 is 0. The third-order valence-corrected chi connectivity index (χ3v) is 5.38. The SMILES string of the molecule is COCC(NC(=O)Nc1cc2[nH]nc(-c3cnn(C)c3)c2cn1)C1(C)C=CC=CC1. The van der Waals surface area contributed by atoms with Crippen molar-refractivity contribution in [2.24, 2.45) is 12.5 Å². The number of hydrogen-bond donors (Lipinski definition) is 3. The van der Waals surface area contributed by atoms with E-state index in [2.05, 4.69) is 50.0 Å². The standard InChI is InChI=1S/C21H25N7O2/c1-21(7-5-4-6-8-21)17(13-30-3)24-20(29)25-18-9-16-15(11-22-18)19(27-26-16)14-10-23-28(2)12-14/h4-7,9-12,17H,8,13H2,1-3H3,(H,26,27)(H2,22,24,25,29). The van der Waals surface area contributed by atoms with Crippen molar-refractivity contribution in [3.8, 4) is 11.3 Å². The molecule has 0 saturated carbocycles. The van der Waals surface area contributed by atoms with Gasteiger partial charge < -0.3 is 10.1 Å².